The zero-order valence-corrected chi connectivity index (χ0v) is 13.2. The van der Waals surface area contributed by atoms with Crippen molar-refractivity contribution in [3.63, 3.8) is 0 Å². The van der Waals surface area contributed by atoms with Gasteiger partial charge in [0.25, 0.3) is 0 Å². The number of rotatable bonds is 8. The molecule has 0 saturated heterocycles. The van der Waals surface area contributed by atoms with Gasteiger partial charge in [0, 0.05) is 25.7 Å². The highest BCUT2D eigenvalue weighted by Gasteiger charge is 2.13. The van der Waals surface area contributed by atoms with E-state index in [0.29, 0.717) is 6.04 Å². The van der Waals surface area contributed by atoms with E-state index in [9.17, 15) is 0 Å². The smallest absolute Gasteiger partial charge is 0.161 e. The molecule has 4 heteroatoms. The second-order valence-electron chi connectivity index (χ2n) is 5.40. The molecule has 1 N–H and O–H groups in total. The molecule has 1 aromatic rings. The minimum atomic E-state index is 0.299. The molecule has 118 valence electrons. The summed E-state index contributed by atoms with van der Waals surface area (Å²) in [6, 6.07) is 6.51. The van der Waals surface area contributed by atoms with E-state index >= 15 is 0 Å². The van der Waals surface area contributed by atoms with Crippen LogP contribution in [0.3, 0.4) is 0 Å². The molecular formula is C17H27NO3. The topological polar surface area (TPSA) is 39.7 Å². The molecule has 1 aromatic carbocycles. The zero-order chi connectivity index (χ0) is 14.9. The second kappa shape index (κ2) is 8.90. The molecule has 0 bridgehead atoms. The fourth-order valence-corrected chi connectivity index (χ4v) is 2.31. The van der Waals surface area contributed by atoms with Crippen LogP contribution in [-0.4, -0.2) is 33.0 Å². The van der Waals surface area contributed by atoms with E-state index in [1.165, 1.54) is 5.56 Å². The molecule has 21 heavy (non-hydrogen) atoms. The SMILES string of the molecule is CCCOCCCNC(C)c1ccc2c(c1)OCCCO2. The second-order valence-corrected chi connectivity index (χ2v) is 5.40. The summed E-state index contributed by atoms with van der Waals surface area (Å²) in [4.78, 5) is 0. The van der Waals surface area contributed by atoms with Crippen molar-refractivity contribution in [1.29, 1.82) is 0 Å². The maximum Gasteiger partial charge on any atom is 0.161 e. The van der Waals surface area contributed by atoms with Gasteiger partial charge in [0.2, 0.25) is 0 Å². The average Bonchev–Trinajstić information content (AvgIpc) is 2.75. The van der Waals surface area contributed by atoms with Crippen LogP contribution in [0, 0.1) is 0 Å². The van der Waals surface area contributed by atoms with Gasteiger partial charge in [0.1, 0.15) is 0 Å². The van der Waals surface area contributed by atoms with Crippen LogP contribution in [0.4, 0.5) is 0 Å². The van der Waals surface area contributed by atoms with Crippen molar-refractivity contribution >= 4 is 0 Å². The standard InChI is InChI=1S/C17H27NO3/c1-3-9-19-10-4-8-18-14(2)15-6-7-16-17(13-15)21-12-5-11-20-16/h6-7,13-14,18H,3-5,8-12H2,1-2H3. The summed E-state index contributed by atoms with van der Waals surface area (Å²) in [6.45, 7) is 8.41. The first-order chi connectivity index (χ1) is 10.3. The Morgan fingerprint density at radius 3 is 2.81 bits per heavy atom. The highest BCUT2D eigenvalue weighted by Crippen LogP contribution is 2.32. The van der Waals surface area contributed by atoms with Crippen LogP contribution < -0.4 is 14.8 Å². The lowest BCUT2D eigenvalue weighted by atomic mass is 10.1. The van der Waals surface area contributed by atoms with Crippen molar-refractivity contribution in [1.82, 2.24) is 5.32 Å². The monoisotopic (exact) mass is 293 g/mol. The Morgan fingerprint density at radius 1 is 1.19 bits per heavy atom. The highest BCUT2D eigenvalue weighted by atomic mass is 16.5. The minimum Gasteiger partial charge on any atom is -0.490 e. The summed E-state index contributed by atoms with van der Waals surface area (Å²) in [5, 5.41) is 3.52. The summed E-state index contributed by atoms with van der Waals surface area (Å²) in [7, 11) is 0. The Balaban J connectivity index is 1.79. The summed E-state index contributed by atoms with van der Waals surface area (Å²) in [5.74, 6) is 1.72. The van der Waals surface area contributed by atoms with E-state index in [-0.39, 0.29) is 0 Å². The Morgan fingerprint density at radius 2 is 2.00 bits per heavy atom. The summed E-state index contributed by atoms with van der Waals surface area (Å²) < 4.78 is 16.9. The molecule has 1 unspecified atom stereocenters. The predicted molar refractivity (Wildman–Crippen MR) is 84.2 cm³/mol. The first-order valence-electron chi connectivity index (χ1n) is 8.02. The Labute approximate surface area is 127 Å². The molecule has 0 amide bonds. The van der Waals surface area contributed by atoms with Crippen molar-refractivity contribution in [3.05, 3.63) is 23.8 Å². The van der Waals surface area contributed by atoms with E-state index in [1.807, 2.05) is 6.07 Å². The molecule has 0 aromatic heterocycles. The summed E-state index contributed by atoms with van der Waals surface area (Å²) in [5.41, 5.74) is 1.23. The number of hydrogen-bond acceptors (Lipinski definition) is 4. The van der Waals surface area contributed by atoms with Crippen molar-refractivity contribution in [2.24, 2.45) is 0 Å². The van der Waals surface area contributed by atoms with Gasteiger partial charge in [0.05, 0.1) is 13.2 Å². The molecule has 1 heterocycles. The first kappa shape index (κ1) is 16.1. The number of hydrogen-bond donors (Lipinski definition) is 1. The van der Waals surface area contributed by atoms with Crippen molar-refractivity contribution < 1.29 is 14.2 Å². The molecular weight excluding hydrogens is 266 g/mol. The van der Waals surface area contributed by atoms with E-state index in [2.05, 4.69) is 31.3 Å². The van der Waals surface area contributed by atoms with E-state index in [4.69, 9.17) is 14.2 Å². The van der Waals surface area contributed by atoms with Gasteiger partial charge in [-0.05, 0) is 44.0 Å². The molecule has 0 aliphatic carbocycles. The molecule has 2 rings (SSSR count). The van der Waals surface area contributed by atoms with E-state index in [0.717, 1.165) is 63.7 Å². The van der Waals surface area contributed by atoms with Crippen LogP contribution in [0.15, 0.2) is 18.2 Å². The Bertz CT molecular complexity index is 422. The lowest BCUT2D eigenvalue weighted by Crippen LogP contribution is -2.21. The Kier molecular flexibility index (Phi) is 6.83. The largest absolute Gasteiger partial charge is 0.490 e. The van der Waals surface area contributed by atoms with E-state index < -0.39 is 0 Å². The van der Waals surface area contributed by atoms with Crippen LogP contribution in [-0.2, 0) is 4.74 Å². The highest BCUT2D eigenvalue weighted by molar-refractivity contribution is 5.44. The van der Waals surface area contributed by atoms with Gasteiger partial charge < -0.3 is 19.5 Å². The van der Waals surface area contributed by atoms with E-state index in [1.54, 1.807) is 0 Å². The lowest BCUT2D eigenvalue weighted by molar-refractivity contribution is 0.132. The quantitative estimate of drug-likeness (QED) is 0.746. The van der Waals surface area contributed by atoms with Crippen molar-refractivity contribution in [2.45, 2.75) is 39.2 Å². The van der Waals surface area contributed by atoms with Crippen molar-refractivity contribution in [3.8, 4) is 11.5 Å². The van der Waals surface area contributed by atoms with Crippen LogP contribution in [0.5, 0.6) is 11.5 Å². The summed E-state index contributed by atoms with van der Waals surface area (Å²) in [6.07, 6.45) is 3.06. The van der Waals surface area contributed by atoms with Crippen LogP contribution in [0.1, 0.15) is 44.7 Å². The first-order valence-corrected chi connectivity index (χ1v) is 8.02. The lowest BCUT2D eigenvalue weighted by Gasteiger charge is -2.16. The molecule has 4 nitrogen and oxygen atoms in total. The van der Waals surface area contributed by atoms with Gasteiger partial charge >= 0.3 is 0 Å². The van der Waals surface area contributed by atoms with Gasteiger partial charge in [-0.3, -0.25) is 0 Å². The third-order valence-corrected chi connectivity index (χ3v) is 3.54. The van der Waals surface area contributed by atoms with Crippen molar-refractivity contribution in [2.75, 3.05) is 33.0 Å². The Hall–Kier alpha value is -1.26. The predicted octanol–water partition coefficient (Wildman–Crippen LogP) is 3.32. The minimum absolute atomic E-state index is 0.299. The fourth-order valence-electron chi connectivity index (χ4n) is 2.31. The summed E-state index contributed by atoms with van der Waals surface area (Å²) >= 11 is 0. The maximum absolute atomic E-state index is 5.74. The van der Waals surface area contributed by atoms with Gasteiger partial charge in [-0.25, -0.2) is 0 Å². The van der Waals surface area contributed by atoms with Crippen LogP contribution in [0.2, 0.25) is 0 Å². The van der Waals surface area contributed by atoms with Gasteiger partial charge in [-0.15, -0.1) is 0 Å². The third kappa shape index (κ3) is 5.21. The molecule has 0 fully saturated rings. The normalized spacial score (nSPS) is 15.5. The molecule has 0 radical (unpaired) electrons. The van der Waals surface area contributed by atoms with Gasteiger partial charge in [-0.2, -0.15) is 0 Å². The fraction of sp³-hybridized carbons (Fsp3) is 0.647. The number of nitrogens with one attached hydrogen (secondary N) is 1. The zero-order valence-electron chi connectivity index (χ0n) is 13.2. The van der Waals surface area contributed by atoms with Crippen LogP contribution in [0.25, 0.3) is 0 Å². The number of ether oxygens (including phenoxy) is 3. The average molecular weight is 293 g/mol. The number of benzene rings is 1. The van der Waals surface area contributed by atoms with Gasteiger partial charge in [0.15, 0.2) is 11.5 Å². The molecule has 1 aliphatic heterocycles. The van der Waals surface area contributed by atoms with Gasteiger partial charge in [-0.1, -0.05) is 13.0 Å². The van der Waals surface area contributed by atoms with Crippen LogP contribution >= 0.6 is 0 Å². The molecule has 0 saturated carbocycles. The number of fused-ring (bicyclic) bond motifs is 1. The molecule has 1 atom stereocenters. The molecule has 0 spiro atoms. The maximum atomic E-state index is 5.74. The third-order valence-electron chi connectivity index (χ3n) is 3.54. The molecule has 1 aliphatic rings.